The molecule has 202 valence electrons. The fraction of sp³-hybridized carbons (Fsp3) is 0.179. The van der Waals surface area contributed by atoms with Crippen LogP contribution in [0.3, 0.4) is 0 Å². The fourth-order valence-corrected chi connectivity index (χ4v) is 5.55. The molecule has 4 rings (SSSR count). The summed E-state index contributed by atoms with van der Waals surface area (Å²) in [7, 11) is -4.12. The van der Waals surface area contributed by atoms with E-state index in [0.29, 0.717) is 17.9 Å². The summed E-state index contributed by atoms with van der Waals surface area (Å²) in [5, 5.41) is 8.58. The largest absolute Gasteiger partial charge is 0.492 e. The van der Waals surface area contributed by atoms with Crippen molar-refractivity contribution in [1.82, 2.24) is 15.2 Å². The van der Waals surface area contributed by atoms with Crippen molar-refractivity contribution in [2.45, 2.75) is 25.7 Å². The molecule has 0 bridgehead atoms. The predicted octanol–water partition coefficient (Wildman–Crippen LogP) is 4.89. The van der Waals surface area contributed by atoms with Crippen molar-refractivity contribution >= 4 is 39.4 Å². The fourth-order valence-electron chi connectivity index (χ4n) is 3.86. The smallest absolute Gasteiger partial charge is 0.264 e. The van der Waals surface area contributed by atoms with Gasteiger partial charge in [-0.05, 0) is 57.2 Å². The number of nitrogens with zero attached hydrogens (tertiary/aromatic N) is 4. The number of nitrogens with one attached hydrogen (secondary N) is 1. The van der Waals surface area contributed by atoms with Crippen molar-refractivity contribution in [2.24, 2.45) is 5.10 Å². The summed E-state index contributed by atoms with van der Waals surface area (Å²) < 4.78 is 35.7. The normalized spacial score (nSPS) is 11.5. The highest BCUT2D eigenvalue weighted by Crippen LogP contribution is 2.32. The molecule has 0 atom stereocenters. The van der Waals surface area contributed by atoms with E-state index in [1.807, 2.05) is 44.2 Å². The van der Waals surface area contributed by atoms with Gasteiger partial charge in [-0.15, -0.1) is 0 Å². The Bertz CT molecular complexity index is 1590. The van der Waals surface area contributed by atoms with Crippen LogP contribution in [0.1, 0.15) is 23.7 Å². The first-order chi connectivity index (χ1) is 18.7. The Morgan fingerprint density at radius 1 is 1.05 bits per heavy atom. The first-order valence-corrected chi connectivity index (χ1v) is 14.0. The van der Waals surface area contributed by atoms with E-state index in [2.05, 4.69) is 15.6 Å². The number of para-hydroxylation sites is 3. The van der Waals surface area contributed by atoms with E-state index in [4.69, 9.17) is 16.3 Å². The van der Waals surface area contributed by atoms with Gasteiger partial charge in [-0.25, -0.2) is 18.5 Å². The minimum atomic E-state index is -4.12. The molecular weight excluding hydrogens is 538 g/mol. The van der Waals surface area contributed by atoms with Gasteiger partial charge >= 0.3 is 0 Å². The maximum atomic E-state index is 13.7. The third kappa shape index (κ3) is 6.30. The Hall–Kier alpha value is -4.15. The van der Waals surface area contributed by atoms with Crippen LogP contribution in [-0.2, 0) is 14.8 Å². The lowest BCUT2D eigenvalue weighted by Crippen LogP contribution is -2.39. The molecule has 0 fully saturated rings. The van der Waals surface area contributed by atoms with Crippen LogP contribution in [0.5, 0.6) is 5.75 Å². The molecule has 0 aliphatic rings. The van der Waals surface area contributed by atoms with Crippen molar-refractivity contribution in [3.8, 4) is 11.4 Å². The van der Waals surface area contributed by atoms with Crippen molar-refractivity contribution in [3.63, 3.8) is 0 Å². The number of hydrogen-bond donors (Lipinski definition) is 1. The molecule has 1 aromatic heterocycles. The molecule has 3 aromatic carbocycles. The van der Waals surface area contributed by atoms with E-state index >= 15 is 0 Å². The molecule has 0 spiro atoms. The molecule has 0 aliphatic carbocycles. The number of hydrazone groups is 1. The molecule has 1 N–H and O–H groups in total. The molecule has 0 radical (unpaired) electrons. The highest BCUT2D eigenvalue weighted by atomic mass is 35.5. The lowest BCUT2D eigenvalue weighted by molar-refractivity contribution is -0.119. The number of carbonyl (C=O) groups is 1. The number of ether oxygens (including phenoxy) is 1. The zero-order valence-electron chi connectivity index (χ0n) is 21.7. The van der Waals surface area contributed by atoms with Gasteiger partial charge in [-0.3, -0.25) is 9.10 Å². The summed E-state index contributed by atoms with van der Waals surface area (Å²) >= 11 is 6.33. The van der Waals surface area contributed by atoms with Crippen molar-refractivity contribution in [1.29, 1.82) is 0 Å². The molecule has 9 nitrogen and oxygen atoms in total. The molecule has 39 heavy (non-hydrogen) atoms. The standard InChI is InChI=1S/C28H28ClN5O4S/c1-4-38-26-13-9-8-12-25(26)33(39(36,37)23-16-14-20(2)15-17-23)19-27(35)31-30-18-24-21(3)34(32-28(24)29)22-10-6-5-7-11-22/h5-18H,4,19H2,1-3H3,(H,31,35)/b30-18-. The zero-order valence-corrected chi connectivity index (χ0v) is 23.3. The van der Waals surface area contributed by atoms with Crippen LogP contribution < -0.4 is 14.5 Å². The van der Waals surface area contributed by atoms with Gasteiger partial charge in [0.05, 0.1) is 40.3 Å². The van der Waals surface area contributed by atoms with Crippen molar-refractivity contribution in [2.75, 3.05) is 17.5 Å². The third-order valence-corrected chi connectivity index (χ3v) is 7.88. The van der Waals surface area contributed by atoms with E-state index in [9.17, 15) is 13.2 Å². The molecule has 1 heterocycles. The van der Waals surface area contributed by atoms with Gasteiger partial charge in [0.15, 0.2) is 5.15 Å². The van der Waals surface area contributed by atoms with Gasteiger partial charge in [0.25, 0.3) is 15.9 Å². The number of aryl methyl sites for hydroxylation is 1. The van der Waals surface area contributed by atoms with Crippen LogP contribution in [0.2, 0.25) is 5.15 Å². The number of benzene rings is 3. The minimum absolute atomic E-state index is 0.0476. The minimum Gasteiger partial charge on any atom is -0.492 e. The second-order valence-electron chi connectivity index (χ2n) is 8.56. The van der Waals surface area contributed by atoms with Crippen LogP contribution in [0.4, 0.5) is 5.69 Å². The zero-order chi connectivity index (χ0) is 28.0. The summed E-state index contributed by atoms with van der Waals surface area (Å²) in [6.07, 6.45) is 1.38. The van der Waals surface area contributed by atoms with E-state index in [0.717, 1.165) is 21.2 Å². The molecule has 0 unspecified atom stereocenters. The number of aromatic nitrogens is 2. The van der Waals surface area contributed by atoms with Crippen LogP contribution >= 0.6 is 11.6 Å². The van der Waals surface area contributed by atoms with Crippen LogP contribution in [0.25, 0.3) is 5.69 Å². The first-order valence-electron chi connectivity index (χ1n) is 12.2. The number of amides is 1. The van der Waals surface area contributed by atoms with Gasteiger partial charge in [-0.2, -0.15) is 10.2 Å². The van der Waals surface area contributed by atoms with Crippen LogP contribution in [-0.4, -0.2) is 43.5 Å². The Kier molecular flexibility index (Phi) is 8.68. The Morgan fingerprint density at radius 2 is 1.72 bits per heavy atom. The summed E-state index contributed by atoms with van der Waals surface area (Å²) in [4.78, 5) is 13.0. The topological polar surface area (TPSA) is 106 Å². The molecule has 1 amide bonds. The molecule has 0 saturated heterocycles. The van der Waals surface area contributed by atoms with Gasteiger partial charge in [0.1, 0.15) is 12.3 Å². The van der Waals surface area contributed by atoms with Gasteiger partial charge in [-0.1, -0.05) is 59.6 Å². The Labute approximate surface area is 232 Å². The Morgan fingerprint density at radius 3 is 2.41 bits per heavy atom. The summed E-state index contributed by atoms with van der Waals surface area (Å²) in [6, 6.07) is 22.5. The lowest BCUT2D eigenvalue weighted by Gasteiger charge is -2.25. The van der Waals surface area contributed by atoms with Crippen LogP contribution in [0.15, 0.2) is 88.9 Å². The number of hydrogen-bond acceptors (Lipinski definition) is 6. The highest BCUT2D eigenvalue weighted by Gasteiger charge is 2.29. The predicted molar refractivity (Wildman–Crippen MR) is 152 cm³/mol. The molecule has 0 saturated carbocycles. The first kappa shape index (κ1) is 27.9. The molecule has 4 aromatic rings. The second kappa shape index (κ2) is 12.1. The SMILES string of the molecule is CCOc1ccccc1N(CC(=O)N/N=C\c1c(Cl)nn(-c2ccccc2)c1C)S(=O)(=O)c1ccc(C)cc1. The Balaban J connectivity index is 1.59. The number of sulfonamides is 1. The highest BCUT2D eigenvalue weighted by molar-refractivity contribution is 7.92. The number of halogens is 1. The second-order valence-corrected chi connectivity index (χ2v) is 10.8. The quantitative estimate of drug-likeness (QED) is 0.218. The van der Waals surface area contributed by atoms with E-state index < -0.39 is 22.5 Å². The van der Waals surface area contributed by atoms with E-state index in [1.54, 1.807) is 48.0 Å². The average molecular weight is 566 g/mol. The third-order valence-electron chi connectivity index (χ3n) is 5.83. The molecule has 0 aliphatic heterocycles. The van der Waals surface area contributed by atoms with Crippen LogP contribution in [0, 0.1) is 13.8 Å². The maximum Gasteiger partial charge on any atom is 0.264 e. The number of anilines is 1. The van der Waals surface area contributed by atoms with Crippen molar-refractivity contribution < 1.29 is 17.9 Å². The van der Waals surface area contributed by atoms with E-state index in [-0.39, 0.29) is 15.7 Å². The summed E-state index contributed by atoms with van der Waals surface area (Å²) in [6.45, 7) is 5.28. The number of rotatable bonds is 10. The molecule has 11 heteroatoms. The summed E-state index contributed by atoms with van der Waals surface area (Å²) in [5.41, 5.74) is 5.62. The van der Waals surface area contributed by atoms with Gasteiger partial charge < -0.3 is 4.74 Å². The maximum absolute atomic E-state index is 13.7. The van der Waals surface area contributed by atoms with Crippen molar-refractivity contribution in [3.05, 3.63) is 101 Å². The number of carbonyl (C=O) groups excluding carboxylic acids is 1. The average Bonchev–Trinajstić information content (AvgIpc) is 3.21. The molecular formula is C28H28ClN5O4S. The lowest BCUT2D eigenvalue weighted by atomic mass is 10.2. The monoisotopic (exact) mass is 565 g/mol. The van der Waals surface area contributed by atoms with Gasteiger partial charge in [0.2, 0.25) is 0 Å². The van der Waals surface area contributed by atoms with Gasteiger partial charge in [0, 0.05) is 0 Å². The van der Waals surface area contributed by atoms with E-state index in [1.165, 1.54) is 18.3 Å². The summed E-state index contributed by atoms with van der Waals surface area (Å²) in [5.74, 6) is -0.319.